The van der Waals surface area contributed by atoms with E-state index in [1.807, 2.05) is 0 Å². The van der Waals surface area contributed by atoms with Gasteiger partial charge in [0.15, 0.2) is 0 Å². The highest BCUT2D eigenvalue weighted by molar-refractivity contribution is 6.52. The molecule has 4 rings (SSSR count). The van der Waals surface area contributed by atoms with Crippen LogP contribution in [0.2, 0.25) is 0 Å². The number of fused-ring (bicyclic) bond motifs is 1. The summed E-state index contributed by atoms with van der Waals surface area (Å²) in [5.41, 5.74) is 3.49. The molecule has 2 aliphatic rings. The average molecular weight is 320 g/mol. The number of para-hydroxylation sites is 1. The van der Waals surface area contributed by atoms with Gasteiger partial charge in [0, 0.05) is 18.0 Å². The third-order valence-corrected chi connectivity index (χ3v) is 4.10. The Hall–Kier alpha value is -3.35. The van der Waals surface area contributed by atoms with E-state index in [4.69, 9.17) is 0 Å². The van der Waals surface area contributed by atoms with Crippen LogP contribution in [0.15, 0.2) is 60.0 Å². The number of imide groups is 1. The molecule has 0 aliphatic carbocycles. The zero-order valence-corrected chi connectivity index (χ0v) is 12.4. The summed E-state index contributed by atoms with van der Waals surface area (Å²) in [5.74, 6) is -2.17. The quantitative estimate of drug-likeness (QED) is 0.666. The second kappa shape index (κ2) is 5.38. The summed E-state index contributed by atoms with van der Waals surface area (Å²) < 4.78 is 0. The third kappa shape index (κ3) is 2.02. The smallest absolute Gasteiger partial charge is 0.259 e. The minimum Gasteiger partial charge on any atom is -0.296 e. The molecule has 2 aromatic rings. The Labute approximate surface area is 137 Å². The SMILES string of the molecule is O=C(C1=NN[C@H]2C(=O)N(c3ccccc3)C(=O)[C@@H]12)c1cccnc1. The number of nitrogens with zero attached hydrogens (tertiary/aromatic N) is 3. The number of nitrogens with one attached hydrogen (secondary N) is 1. The number of pyridine rings is 1. The van der Waals surface area contributed by atoms with E-state index in [0.29, 0.717) is 11.3 Å². The van der Waals surface area contributed by atoms with Crippen molar-refractivity contribution in [3.8, 4) is 0 Å². The first-order valence-corrected chi connectivity index (χ1v) is 7.39. The van der Waals surface area contributed by atoms with Gasteiger partial charge in [-0.15, -0.1) is 0 Å². The maximum absolute atomic E-state index is 12.8. The van der Waals surface area contributed by atoms with Gasteiger partial charge in [-0.3, -0.25) is 24.8 Å². The molecule has 7 heteroatoms. The lowest BCUT2D eigenvalue weighted by Gasteiger charge is -2.15. The van der Waals surface area contributed by atoms with Crippen LogP contribution in [0.25, 0.3) is 0 Å². The number of benzene rings is 1. The van der Waals surface area contributed by atoms with Crippen LogP contribution in [0.5, 0.6) is 0 Å². The van der Waals surface area contributed by atoms with E-state index in [2.05, 4.69) is 15.5 Å². The van der Waals surface area contributed by atoms with Crippen LogP contribution in [-0.4, -0.2) is 34.3 Å². The lowest BCUT2D eigenvalue weighted by molar-refractivity contribution is -0.122. The van der Waals surface area contributed by atoms with Gasteiger partial charge in [0.05, 0.1) is 5.69 Å². The molecule has 1 N–H and O–H groups in total. The van der Waals surface area contributed by atoms with Crippen LogP contribution in [0.3, 0.4) is 0 Å². The monoisotopic (exact) mass is 320 g/mol. The van der Waals surface area contributed by atoms with Crippen molar-refractivity contribution in [3.63, 3.8) is 0 Å². The Bertz CT molecular complexity index is 864. The first-order valence-electron chi connectivity index (χ1n) is 7.39. The molecule has 0 bridgehead atoms. The molecule has 0 spiro atoms. The summed E-state index contributed by atoms with van der Waals surface area (Å²) >= 11 is 0. The topological polar surface area (TPSA) is 91.7 Å². The molecule has 2 aliphatic heterocycles. The fourth-order valence-electron chi connectivity index (χ4n) is 2.95. The van der Waals surface area contributed by atoms with E-state index in [1.165, 1.54) is 6.20 Å². The number of hydrogen-bond donors (Lipinski definition) is 1. The molecule has 1 aromatic carbocycles. The van der Waals surface area contributed by atoms with Crippen LogP contribution in [0.1, 0.15) is 10.4 Å². The van der Waals surface area contributed by atoms with Crippen molar-refractivity contribution >= 4 is 29.0 Å². The van der Waals surface area contributed by atoms with Crippen molar-refractivity contribution in [2.75, 3.05) is 4.90 Å². The van der Waals surface area contributed by atoms with Crippen molar-refractivity contribution < 1.29 is 14.4 Å². The maximum Gasteiger partial charge on any atom is 0.259 e. The Kier molecular flexibility index (Phi) is 3.19. The van der Waals surface area contributed by atoms with Gasteiger partial charge in [0.2, 0.25) is 11.7 Å². The number of aromatic nitrogens is 1. The molecule has 0 radical (unpaired) electrons. The number of Topliss-reactive ketones (excluding diaryl/α,β-unsaturated/α-hetero) is 1. The highest BCUT2D eigenvalue weighted by Gasteiger charge is 2.55. The van der Waals surface area contributed by atoms with E-state index in [1.54, 1.807) is 48.7 Å². The second-order valence-corrected chi connectivity index (χ2v) is 5.50. The van der Waals surface area contributed by atoms with E-state index in [0.717, 1.165) is 4.90 Å². The predicted molar refractivity (Wildman–Crippen MR) is 85.4 cm³/mol. The summed E-state index contributed by atoms with van der Waals surface area (Å²) in [4.78, 5) is 42.9. The average Bonchev–Trinajstić information content (AvgIpc) is 3.17. The molecule has 24 heavy (non-hydrogen) atoms. The number of hydrazone groups is 1. The van der Waals surface area contributed by atoms with Crippen molar-refractivity contribution in [1.29, 1.82) is 0 Å². The van der Waals surface area contributed by atoms with E-state index >= 15 is 0 Å². The van der Waals surface area contributed by atoms with Gasteiger partial charge in [0.1, 0.15) is 17.7 Å². The standard InChI is InChI=1S/C17H12N4O3/c22-15(10-5-4-8-18-9-10)13-12-14(20-19-13)17(24)21(16(12)23)11-6-2-1-3-7-11/h1-9,12,14,20H/t12-,14+/m0/s1. The van der Waals surface area contributed by atoms with Crippen molar-refractivity contribution in [2.45, 2.75) is 6.04 Å². The van der Waals surface area contributed by atoms with Crippen LogP contribution in [0, 0.1) is 5.92 Å². The first kappa shape index (κ1) is 14.3. The molecule has 7 nitrogen and oxygen atoms in total. The van der Waals surface area contributed by atoms with Crippen LogP contribution >= 0.6 is 0 Å². The number of ketones is 1. The van der Waals surface area contributed by atoms with E-state index < -0.39 is 29.6 Å². The Morgan fingerprint density at radius 1 is 1.04 bits per heavy atom. The normalized spacial score (nSPS) is 22.2. The summed E-state index contributed by atoms with van der Waals surface area (Å²) in [6.45, 7) is 0. The van der Waals surface area contributed by atoms with Gasteiger partial charge in [-0.2, -0.15) is 5.10 Å². The van der Waals surface area contributed by atoms with Gasteiger partial charge < -0.3 is 0 Å². The number of carbonyl (C=O) groups excluding carboxylic acids is 3. The molecule has 1 aromatic heterocycles. The van der Waals surface area contributed by atoms with Crippen LogP contribution in [-0.2, 0) is 9.59 Å². The second-order valence-electron chi connectivity index (χ2n) is 5.50. The minimum atomic E-state index is -0.912. The number of rotatable bonds is 3. The summed E-state index contributed by atoms with van der Waals surface area (Å²) in [6, 6.07) is 11.0. The van der Waals surface area contributed by atoms with Gasteiger partial charge in [-0.1, -0.05) is 18.2 Å². The number of anilines is 1. The molecule has 2 atom stereocenters. The van der Waals surface area contributed by atoms with Crippen molar-refractivity contribution in [3.05, 3.63) is 60.4 Å². The zero-order chi connectivity index (χ0) is 16.7. The van der Waals surface area contributed by atoms with Crippen molar-refractivity contribution in [2.24, 2.45) is 11.0 Å². The minimum absolute atomic E-state index is 0.0461. The fraction of sp³-hybridized carbons (Fsp3) is 0.118. The Morgan fingerprint density at radius 2 is 1.83 bits per heavy atom. The molecular formula is C17H12N4O3. The van der Waals surface area contributed by atoms with E-state index in [9.17, 15) is 14.4 Å². The summed E-state index contributed by atoms with van der Waals surface area (Å²) in [6.07, 6.45) is 2.96. The molecule has 1 saturated heterocycles. The lowest BCUT2D eigenvalue weighted by atomic mass is 9.93. The van der Waals surface area contributed by atoms with Gasteiger partial charge in [-0.05, 0) is 24.3 Å². The number of hydrogen-bond acceptors (Lipinski definition) is 6. The number of carbonyl (C=O) groups is 3. The third-order valence-electron chi connectivity index (χ3n) is 4.10. The molecule has 2 amide bonds. The number of amides is 2. The summed E-state index contributed by atoms with van der Waals surface area (Å²) in [5, 5.41) is 3.95. The maximum atomic E-state index is 12.8. The Balaban J connectivity index is 1.68. The lowest BCUT2D eigenvalue weighted by Crippen LogP contribution is -2.36. The van der Waals surface area contributed by atoms with E-state index in [-0.39, 0.29) is 5.71 Å². The largest absolute Gasteiger partial charge is 0.296 e. The van der Waals surface area contributed by atoms with Crippen LogP contribution < -0.4 is 10.3 Å². The fourth-order valence-corrected chi connectivity index (χ4v) is 2.95. The predicted octanol–water partition coefficient (Wildman–Crippen LogP) is 0.782. The van der Waals surface area contributed by atoms with Crippen LogP contribution in [0.4, 0.5) is 5.69 Å². The molecule has 3 heterocycles. The first-order chi connectivity index (χ1) is 11.7. The highest BCUT2D eigenvalue weighted by Crippen LogP contribution is 2.31. The van der Waals surface area contributed by atoms with Gasteiger partial charge in [0.25, 0.3) is 5.91 Å². The molecular weight excluding hydrogens is 308 g/mol. The van der Waals surface area contributed by atoms with Crippen molar-refractivity contribution in [1.82, 2.24) is 10.4 Å². The molecule has 118 valence electrons. The molecule has 1 fully saturated rings. The zero-order valence-electron chi connectivity index (χ0n) is 12.4. The molecule has 0 saturated carbocycles. The molecule has 0 unspecified atom stereocenters. The summed E-state index contributed by atoms with van der Waals surface area (Å²) in [7, 11) is 0. The van der Waals surface area contributed by atoms with Gasteiger partial charge >= 0.3 is 0 Å². The highest BCUT2D eigenvalue weighted by atomic mass is 16.2. The van der Waals surface area contributed by atoms with Gasteiger partial charge in [-0.25, -0.2) is 4.90 Å². The Morgan fingerprint density at radius 3 is 2.54 bits per heavy atom.